The number of hydrogen-bond acceptors (Lipinski definition) is 5. The zero-order valence-electron chi connectivity index (χ0n) is 4.93. The van der Waals surface area contributed by atoms with Gasteiger partial charge in [-0.3, -0.25) is 0 Å². The maximum atomic E-state index is 10.3. The first-order valence-corrected chi connectivity index (χ1v) is 6.00. The van der Waals surface area contributed by atoms with Gasteiger partial charge in [-0.15, -0.1) is 0 Å². The average molecular weight is 206 g/mol. The predicted molar refractivity (Wildman–Crippen MR) is 33.1 cm³/mol. The van der Waals surface area contributed by atoms with E-state index in [-0.39, 0.29) is 0 Å². The van der Waals surface area contributed by atoms with Crippen molar-refractivity contribution in [1.82, 2.24) is 0 Å². The van der Waals surface area contributed by atoms with Crippen LogP contribution in [-0.2, 0) is 13.6 Å². The molecule has 0 radical (unpaired) electrons. The molecule has 11 heavy (non-hydrogen) atoms. The Bertz CT molecular complexity index is 212. The third-order valence-corrected chi connectivity index (χ3v) is 3.94. The molecule has 0 aromatic heterocycles. The van der Waals surface area contributed by atoms with Crippen molar-refractivity contribution in [2.45, 2.75) is 0 Å². The zero-order valence-corrected chi connectivity index (χ0v) is 6.72. The third-order valence-electron chi connectivity index (χ3n) is 0.561. The second-order valence-electron chi connectivity index (χ2n) is 1.44. The van der Waals surface area contributed by atoms with Crippen LogP contribution in [0.25, 0.3) is 0 Å². The first-order chi connectivity index (χ1) is 4.67. The minimum atomic E-state index is -5.35. The Balaban J connectivity index is 4.50. The van der Waals surface area contributed by atoms with Crippen LogP contribution < -0.4 is 0 Å². The van der Waals surface area contributed by atoms with Crippen molar-refractivity contribution in [3.05, 3.63) is 0 Å². The van der Waals surface area contributed by atoms with Crippen molar-refractivity contribution in [2.75, 3.05) is 0 Å². The molecule has 5 N–H and O–H groups in total. The van der Waals surface area contributed by atoms with E-state index in [1.807, 2.05) is 0 Å². The molecule has 0 amide bonds. The summed E-state index contributed by atoms with van der Waals surface area (Å²) < 4.78 is 23.6. The first kappa shape index (κ1) is 11.3. The minimum absolute atomic E-state index is 2.70. The van der Waals surface area contributed by atoms with Crippen molar-refractivity contribution in [3.63, 3.8) is 0 Å². The van der Waals surface area contributed by atoms with Gasteiger partial charge in [-0.2, -0.15) is 0 Å². The monoisotopic (exact) mass is 206 g/mol. The van der Waals surface area contributed by atoms with Crippen molar-refractivity contribution in [2.24, 2.45) is 0 Å². The highest BCUT2D eigenvalue weighted by atomic mass is 32.1. The smallest absolute Gasteiger partial charge is 0.401 e. The van der Waals surface area contributed by atoms with Gasteiger partial charge in [0.2, 0.25) is 0 Å². The van der Waals surface area contributed by atoms with Gasteiger partial charge in [0.05, 0.1) is 0 Å². The summed E-state index contributed by atoms with van der Waals surface area (Å²) in [6.07, 6.45) is 0. The number of rotatable bonds is 3. The SMILES string of the molecule is O=P(O)(O)P(=O)(O)OB(O)O. The molecule has 0 aliphatic rings. The first-order valence-electron chi connectivity index (χ1n) is 2.10. The molecule has 0 aliphatic carbocycles. The molecule has 0 bridgehead atoms. The molecule has 0 rings (SSSR count). The Morgan fingerprint density at radius 2 is 1.45 bits per heavy atom. The van der Waals surface area contributed by atoms with Crippen LogP contribution in [0.5, 0.6) is 0 Å². The lowest BCUT2D eigenvalue weighted by atomic mass is 10.3. The van der Waals surface area contributed by atoms with Crippen molar-refractivity contribution < 1.29 is 38.3 Å². The topological polar surface area (TPSA) is 145 Å². The van der Waals surface area contributed by atoms with Crippen LogP contribution in [0.2, 0.25) is 0 Å². The van der Waals surface area contributed by atoms with Gasteiger partial charge >= 0.3 is 21.9 Å². The Morgan fingerprint density at radius 3 is 1.55 bits per heavy atom. The lowest BCUT2D eigenvalue weighted by Crippen LogP contribution is -2.14. The van der Waals surface area contributed by atoms with E-state index >= 15 is 0 Å². The van der Waals surface area contributed by atoms with Gasteiger partial charge in [-0.1, -0.05) is 0 Å². The van der Waals surface area contributed by atoms with Crippen LogP contribution in [0.3, 0.4) is 0 Å². The molecule has 0 saturated heterocycles. The van der Waals surface area contributed by atoms with Crippen molar-refractivity contribution in [1.29, 1.82) is 0 Å². The molecule has 8 nitrogen and oxygen atoms in total. The van der Waals surface area contributed by atoms with Crippen LogP contribution in [-0.4, -0.2) is 32.0 Å². The minimum Gasteiger partial charge on any atom is -0.401 e. The van der Waals surface area contributed by atoms with Gasteiger partial charge in [0.15, 0.2) is 0 Å². The molecule has 66 valence electrons. The summed E-state index contributed by atoms with van der Waals surface area (Å²) in [5, 5.41) is 15.8. The van der Waals surface area contributed by atoms with Crippen molar-refractivity contribution in [3.8, 4) is 0 Å². The fraction of sp³-hybridized carbons (Fsp3) is 0. The van der Waals surface area contributed by atoms with Gasteiger partial charge in [-0.25, -0.2) is 9.13 Å². The van der Waals surface area contributed by atoms with Crippen LogP contribution in [0.15, 0.2) is 0 Å². The zero-order chi connectivity index (χ0) is 9.28. The quantitative estimate of drug-likeness (QED) is 0.270. The lowest BCUT2D eigenvalue weighted by Gasteiger charge is -2.11. The molecule has 0 spiro atoms. The van der Waals surface area contributed by atoms with E-state index in [0.29, 0.717) is 0 Å². The molecule has 0 saturated carbocycles. The highest BCUT2D eigenvalue weighted by Crippen LogP contribution is 2.74. The highest BCUT2D eigenvalue weighted by Gasteiger charge is 2.44. The van der Waals surface area contributed by atoms with Gasteiger partial charge in [-0.05, 0) is 0 Å². The molecule has 1 atom stereocenters. The normalized spacial score (nSPS) is 17.5. The van der Waals surface area contributed by atoms with Crippen LogP contribution in [0.4, 0.5) is 0 Å². The van der Waals surface area contributed by atoms with Crippen molar-refractivity contribution >= 4 is 21.9 Å². The van der Waals surface area contributed by atoms with Gasteiger partial charge in [0, 0.05) is 0 Å². The van der Waals surface area contributed by atoms with E-state index in [1.54, 1.807) is 0 Å². The second-order valence-corrected chi connectivity index (χ2v) is 6.73. The highest BCUT2D eigenvalue weighted by molar-refractivity contribution is 8.26. The average Bonchev–Trinajstić information content (AvgIpc) is 1.56. The summed E-state index contributed by atoms with van der Waals surface area (Å²) in [6.45, 7) is 0. The molecular weight excluding hydrogens is 201 g/mol. The fourth-order valence-corrected chi connectivity index (χ4v) is 1.17. The summed E-state index contributed by atoms with van der Waals surface area (Å²) in [5.41, 5.74) is 0. The molecule has 0 aliphatic heterocycles. The summed E-state index contributed by atoms with van der Waals surface area (Å²) >= 11 is 0. The van der Waals surface area contributed by atoms with E-state index < -0.39 is 21.9 Å². The summed E-state index contributed by atoms with van der Waals surface area (Å²) in [7, 11) is -13.3. The Kier molecular flexibility index (Phi) is 3.43. The van der Waals surface area contributed by atoms with Crippen LogP contribution in [0.1, 0.15) is 0 Å². The van der Waals surface area contributed by atoms with E-state index in [1.165, 1.54) is 0 Å². The van der Waals surface area contributed by atoms with Gasteiger partial charge in [0.1, 0.15) is 0 Å². The molecule has 1 unspecified atom stereocenters. The largest absolute Gasteiger partial charge is 0.641 e. The number of hydrogen-bond donors (Lipinski definition) is 5. The Labute approximate surface area is 61.2 Å². The summed E-state index contributed by atoms with van der Waals surface area (Å²) in [6, 6.07) is 0. The molecule has 0 fully saturated rings. The molecule has 0 aromatic carbocycles. The molecule has 11 heteroatoms. The van der Waals surface area contributed by atoms with E-state index in [0.717, 1.165) is 0 Å². The Morgan fingerprint density at radius 1 is 1.09 bits per heavy atom. The molecular formula is H5BO8P2. The second kappa shape index (κ2) is 3.34. The maximum Gasteiger partial charge on any atom is 0.641 e. The fourth-order valence-electron chi connectivity index (χ4n) is 0.184. The van der Waals surface area contributed by atoms with E-state index in [4.69, 9.17) is 24.7 Å². The Hall–Kier alpha value is 0.285. The van der Waals surface area contributed by atoms with Gasteiger partial charge < -0.3 is 29.2 Å². The lowest BCUT2D eigenvalue weighted by molar-refractivity contribution is 0.261. The molecule has 0 aromatic rings. The van der Waals surface area contributed by atoms with Gasteiger partial charge in [0.25, 0.3) is 0 Å². The summed E-state index contributed by atoms with van der Waals surface area (Å²) in [4.78, 5) is 24.4. The van der Waals surface area contributed by atoms with Crippen LogP contribution in [0, 0.1) is 0 Å². The molecule has 0 heterocycles. The predicted octanol–water partition coefficient (Wildman–Crippen LogP) is -1.75. The third kappa shape index (κ3) is 3.46. The standard InChI is InChI=1S/BH5O8P2/c2-1(3)9-11(7,8)10(4,5)6/h2-3H,(H,7,8)(H2,4,5,6). The summed E-state index contributed by atoms with van der Waals surface area (Å²) in [5.74, 6) is 0. The maximum absolute atomic E-state index is 10.3. The van der Waals surface area contributed by atoms with Crippen LogP contribution >= 0.6 is 14.6 Å². The van der Waals surface area contributed by atoms with E-state index in [9.17, 15) is 9.13 Å². The van der Waals surface area contributed by atoms with E-state index in [2.05, 4.69) is 4.44 Å².